The third kappa shape index (κ3) is 4.12. The van der Waals surface area contributed by atoms with Crippen LogP contribution in [0.5, 0.6) is 0 Å². The number of hydrogen-bond acceptors (Lipinski definition) is 4. The van der Waals surface area contributed by atoms with Gasteiger partial charge < -0.3 is 8.98 Å². The fourth-order valence-electron chi connectivity index (χ4n) is 8.67. The molecule has 0 amide bonds. The zero-order valence-corrected chi connectivity index (χ0v) is 28.9. The van der Waals surface area contributed by atoms with Gasteiger partial charge in [-0.2, -0.15) is 0 Å². The van der Waals surface area contributed by atoms with Crippen molar-refractivity contribution in [2.75, 3.05) is 0 Å². The predicted molar refractivity (Wildman–Crippen MR) is 221 cm³/mol. The molecule has 3 heterocycles. The van der Waals surface area contributed by atoms with Gasteiger partial charge in [0.05, 0.1) is 11.0 Å². The minimum atomic E-state index is 0.600. The largest absolute Gasteiger partial charge is 0.456 e. The SMILES string of the molecule is c1ccc(-c2nc(-c3ccccc3)nc(-c3cccc4oc5ccc(-n6c7cccc8c9ccccc9c9c%10ccccc%10cc6c9c87)cc5c34)n2)cc1. The highest BCUT2D eigenvalue weighted by Crippen LogP contribution is 2.47. The summed E-state index contributed by atoms with van der Waals surface area (Å²) >= 11 is 0. The minimum Gasteiger partial charge on any atom is -0.456 e. The molecule has 0 radical (unpaired) electrons. The van der Waals surface area contributed by atoms with Crippen LogP contribution in [0.3, 0.4) is 0 Å². The highest BCUT2D eigenvalue weighted by Gasteiger charge is 2.23. The normalized spacial score (nSPS) is 12.1. The summed E-state index contributed by atoms with van der Waals surface area (Å²) in [6, 6.07) is 59.6. The first-order valence-electron chi connectivity index (χ1n) is 18.2. The zero-order valence-electron chi connectivity index (χ0n) is 28.9. The van der Waals surface area contributed by atoms with Gasteiger partial charge in [0.25, 0.3) is 0 Å². The lowest BCUT2D eigenvalue weighted by atomic mass is 9.91. The van der Waals surface area contributed by atoms with Crippen molar-refractivity contribution in [2.45, 2.75) is 0 Å². The molecule has 0 aliphatic heterocycles. The highest BCUT2D eigenvalue weighted by molar-refractivity contribution is 6.39. The average Bonchev–Trinajstić information content (AvgIpc) is 3.78. The van der Waals surface area contributed by atoms with Crippen LogP contribution in [0.15, 0.2) is 174 Å². The van der Waals surface area contributed by atoms with Gasteiger partial charge in [-0.05, 0) is 63.3 Å². The number of hydrogen-bond donors (Lipinski definition) is 0. The van der Waals surface area contributed by atoms with E-state index in [4.69, 9.17) is 19.4 Å². The van der Waals surface area contributed by atoms with Crippen LogP contribution in [0.25, 0.3) is 116 Å². The van der Waals surface area contributed by atoms with Gasteiger partial charge in [-0.25, -0.2) is 15.0 Å². The number of rotatable bonds is 4. The lowest BCUT2D eigenvalue weighted by Crippen LogP contribution is -2.00. The Morgan fingerprint density at radius 2 is 1.00 bits per heavy atom. The second-order valence-corrected chi connectivity index (χ2v) is 13.9. The molecule has 3 aromatic heterocycles. The first kappa shape index (κ1) is 29.2. The van der Waals surface area contributed by atoms with E-state index in [1.54, 1.807) is 0 Å². The molecule has 0 aliphatic rings. The van der Waals surface area contributed by atoms with E-state index in [9.17, 15) is 0 Å². The summed E-state index contributed by atoms with van der Waals surface area (Å²) in [5, 5.41) is 12.2. The van der Waals surface area contributed by atoms with Crippen LogP contribution >= 0.6 is 0 Å². The summed E-state index contributed by atoms with van der Waals surface area (Å²) in [4.78, 5) is 15.1. The molecule has 0 spiro atoms. The molecule has 0 bridgehead atoms. The standard InChI is InChI=1S/C49H28N4O/c1-3-13-29(14-4-1)47-50-48(30-15-5-2-6-16-30)52-49(51-47)37-22-12-24-42-43(37)38-28-32(25-26-41(38)54-42)53-39-23-11-21-36-34-19-9-10-20-35(34)44-33-18-8-7-17-31(33)27-40(53)46(44)45(36)39/h1-28H. The maximum absolute atomic E-state index is 6.56. The molecule has 9 aromatic carbocycles. The fourth-order valence-corrected chi connectivity index (χ4v) is 8.67. The van der Waals surface area contributed by atoms with Gasteiger partial charge in [0.2, 0.25) is 0 Å². The van der Waals surface area contributed by atoms with Crippen LogP contribution in [0.2, 0.25) is 0 Å². The van der Waals surface area contributed by atoms with Crippen molar-refractivity contribution in [2.24, 2.45) is 0 Å². The minimum absolute atomic E-state index is 0.600. The Morgan fingerprint density at radius 3 is 1.78 bits per heavy atom. The summed E-state index contributed by atoms with van der Waals surface area (Å²) in [5.74, 6) is 1.85. The molecule has 0 aliphatic carbocycles. The van der Waals surface area contributed by atoms with Crippen molar-refractivity contribution in [3.05, 3.63) is 170 Å². The lowest BCUT2D eigenvalue weighted by molar-refractivity contribution is 0.669. The molecule has 0 fully saturated rings. The van der Waals surface area contributed by atoms with E-state index >= 15 is 0 Å². The Bertz CT molecular complexity index is 3370. The van der Waals surface area contributed by atoms with E-state index in [0.717, 1.165) is 44.3 Å². The molecule has 5 heteroatoms. The van der Waals surface area contributed by atoms with Crippen LogP contribution in [-0.4, -0.2) is 19.5 Å². The number of nitrogens with zero attached hydrogens (tertiary/aromatic N) is 4. The van der Waals surface area contributed by atoms with E-state index in [1.807, 2.05) is 72.8 Å². The van der Waals surface area contributed by atoms with E-state index in [0.29, 0.717) is 17.5 Å². The Labute approximate surface area is 308 Å². The number of benzene rings is 9. The third-order valence-corrected chi connectivity index (χ3v) is 11.0. The first-order valence-corrected chi connectivity index (χ1v) is 18.2. The molecule has 5 nitrogen and oxygen atoms in total. The van der Waals surface area contributed by atoms with Gasteiger partial charge in [-0.1, -0.05) is 133 Å². The zero-order chi connectivity index (χ0) is 35.3. The maximum atomic E-state index is 6.56. The van der Waals surface area contributed by atoms with Crippen LogP contribution in [0.1, 0.15) is 0 Å². The summed E-state index contributed by atoms with van der Waals surface area (Å²) in [7, 11) is 0. The highest BCUT2D eigenvalue weighted by atomic mass is 16.3. The Morgan fingerprint density at radius 1 is 0.370 bits per heavy atom. The second kappa shape index (κ2) is 11.1. The van der Waals surface area contributed by atoms with Crippen LogP contribution in [0.4, 0.5) is 0 Å². The molecular weight excluding hydrogens is 661 g/mol. The van der Waals surface area contributed by atoms with E-state index < -0.39 is 0 Å². The number of furan rings is 1. The van der Waals surface area contributed by atoms with Gasteiger partial charge in [0, 0.05) is 49.3 Å². The molecule has 0 unspecified atom stereocenters. The van der Waals surface area contributed by atoms with Crippen molar-refractivity contribution in [3.63, 3.8) is 0 Å². The Hall–Kier alpha value is -7.37. The molecule has 250 valence electrons. The Balaban J connectivity index is 1.15. The topological polar surface area (TPSA) is 56.7 Å². The summed E-state index contributed by atoms with van der Waals surface area (Å²) in [5.41, 5.74) is 7.79. The monoisotopic (exact) mass is 688 g/mol. The molecule has 12 rings (SSSR count). The van der Waals surface area contributed by atoms with E-state index in [1.165, 1.54) is 54.1 Å². The van der Waals surface area contributed by atoms with Gasteiger partial charge >= 0.3 is 0 Å². The fraction of sp³-hybridized carbons (Fsp3) is 0. The maximum Gasteiger partial charge on any atom is 0.164 e. The third-order valence-electron chi connectivity index (χ3n) is 11.0. The number of aromatic nitrogens is 4. The molecule has 0 saturated heterocycles. The van der Waals surface area contributed by atoms with Crippen molar-refractivity contribution in [1.29, 1.82) is 0 Å². The predicted octanol–water partition coefficient (Wildman–Crippen LogP) is 12.8. The second-order valence-electron chi connectivity index (χ2n) is 13.9. The van der Waals surface area contributed by atoms with Crippen molar-refractivity contribution >= 4 is 76.1 Å². The smallest absolute Gasteiger partial charge is 0.164 e. The van der Waals surface area contributed by atoms with Crippen LogP contribution in [0, 0.1) is 0 Å². The molecule has 54 heavy (non-hydrogen) atoms. The van der Waals surface area contributed by atoms with Crippen molar-refractivity contribution in [1.82, 2.24) is 19.5 Å². The molecule has 12 aromatic rings. The summed E-state index contributed by atoms with van der Waals surface area (Å²) in [6.07, 6.45) is 0. The summed E-state index contributed by atoms with van der Waals surface area (Å²) < 4.78 is 8.99. The van der Waals surface area contributed by atoms with Crippen LogP contribution < -0.4 is 0 Å². The van der Waals surface area contributed by atoms with Gasteiger partial charge in [0.1, 0.15) is 11.2 Å². The van der Waals surface area contributed by atoms with Gasteiger partial charge in [0.15, 0.2) is 17.5 Å². The van der Waals surface area contributed by atoms with Crippen LogP contribution in [-0.2, 0) is 0 Å². The number of fused-ring (bicyclic) bond motifs is 8. The molecule has 0 saturated carbocycles. The molecule has 0 atom stereocenters. The van der Waals surface area contributed by atoms with E-state index in [-0.39, 0.29) is 0 Å². The molecular formula is C49H28N4O. The first-order chi connectivity index (χ1) is 26.8. The van der Waals surface area contributed by atoms with Crippen molar-refractivity contribution < 1.29 is 4.42 Å². The van der Waals surface area contributed by atoms with E-state index in [2.05, 4.69) is 102 Å². The van der Waals surface area contributed by atoms with Gasteiger partial charge in [-0.3, -0.25) is 0 Å². The average molecular weight is 689 g/mol. The van der Waals surface area contributed by atoms with Crippen molar-refractivity contribution in [3.8, 4) is 39.9 Å². The quantitative estimate of drug-likeness (QED) is 0.173. The lowest BCUT2D eigenvalue weighted by Gasteiger charge is -2.12. The Kier molecular flexibility index (Phi) is 5.99. The summed E-state index contributed by atoms with van der Waals surface area (Å²) in [6.45, 7) is 0. The van der Waals surface area contributed by atoms with Gasteiger partial charge in [-0.15, -0.1) is 0 Å². The molecule has 0 N–H and O–H groups in total.